The lowest BCUT2D eigenvalue weighted by Crippen LogP contribution is -2.51. The summed E-state index contributed by atoms with van der Waals surface area (Å²) in [5, 5.41) is 10.1. The minimum Gasteiger partial charge on any atom is -0.393 e. The molecule has 1 saturated carbocycles. The first-order valence-corrected chi connectivity index (χ1v) is 8.66. The van der Waals surface area contributed by atoms with Gasteiger partial charge in [-0.1, -0.05) is 12.8 Å². The van der Waals surface area contributed by atoms with Crippen molar-refractivity contribution in [2.45, 2.75) is 77.0 Å². The molecule has 1 aliphatic carbocycles. The number of rotatable bonds is 4. The number of nitrogens with zero attached hydrogens (tertiary/aromatic N) is 2. The first-order chi connectivity index (χ1) is 9.99. The van der Waals surface area contributed by atoms with E-state index >= 15 is 0 Å². The molecule has 1 N–H and O–H groups in total. The van der Waals surface area contributed by atoms with Crippen molar-refractivity contribution >= 4 is 5.91 Å². The van der Waals surface area contributed by atoms with Crippen LogP contribution in [0.3, 0.4) is 0 Å². The van der Waals surface area contributed by atoms with Gasteiger partial charge in [0.1, 0.15) is 0 Å². The molecule has 2 rings (SSSR count). The summed E-state index contributed by atoms with van der Waals surface area (Å²) in [6.45, 7) is 5.65. The van der Waals surface area contributed by atoms with Gasteiger partial charge in [-0.25, -0.2) is 0 Å². The molecule has 1 aliphatic heterocycles. The van der Waals surface area contributed by atoms with E-state index in [0.29, 0.717) is 24.5 Å². The summed E-state index contributed by atoms with van der Waals surface area (Å²) < 4.78 is 0. The van der Waals surface area contributed by atoms with Crippen molar-refractivity contribution in [3.63, 3.8) is 0 Å². The van der Waals surface area contributed by atoms with E-state index in [0.717, 1.165) is 38.6 Å². The van der Waals surface area contributed by atoms with Crippen LogP contribution >= 0.6 is 0 Å². The van der Waals surface area contributed by atoms with Crippen LogP contribution in [0.2, 0.25) is 0 Å². The van der Waals surface area contributed by atoms with Crippen LogP contribution in [0.1, 0.15) is 58.8 Å². The second-order valence-corrected chi connectivity index (χ2v) is 7.24. The minimum atomic E-state index is -0.177. The maximum Gasteiger partial charge on any atom is 0.237 e. The molecule has 4 atom stereocenters. The van der Waals surface area contributed by atoms with Crippen LogP contribution in [-0.4, -0.2) is 59.1 Å². The lowest BCUT2D eigenvalue weighted by Gasteiger charge is -2.40. The molecule has 1 heterocycles. The average Bonchev–Trinajstić information content (AvgIpc) is 2.41. The van der Waals surface area contributed by atoms with E-state index in [4.69, 9.17) is 0 Å². The molecule has 0 spiro atoms. The standard InChI is InChI=1S/C17H32N2O2/c1-13-7-6-8-14(2)19(13)17(21)12-18(3)11-15-9-4-5-10-16(15)20/h13-16,20H,4-12H2,1-3H3. The Balaban J connectivity index is 1.83. The molecular weight excluding hydrogens is 264 g/mol. The third-order valence-corrected chi connectivity index (χ3v) is 5.30. The van der Waals surface area contributed by atoms with E-state index in [1.807, 2.05) is 7.05 Å². The monoisotopic (exact) mass is 296 g/mol. The van der Waals surface area contributed by atoms with E-state index < -0.39 is 0 Å². The molecule has 0 radical (unpaired) electrons. The summed E-state index contributed by atoms with van der Waals surface area (Å²) in [6.07, 6.45) is 7.68. The molecule has 0 aromatic carbocycles. The third-order valence-electron chi connectivity index (χ3n) is 5.30. The third kappa shape index (κ3) is 4.43. The van der Waals surface area contributed by atoms with Crippen LogP contribution in [0.15, 0.2) is 0 Å². The number of hydrogen-bond donors (Lipinski definition) is 1. The lowest BCUT2D eigenvalue weighted by molar-refractivity contribution is -0.138. The highest BCUT2D eigenvalue weighted by molar-refractivity contribution is 5.79. The Bertz CT molecular complexity index is 338. The number of likely N-dealkylation sites (N-methyl/N-ethyl adjacent to an activating group) is 1. The maximum absolute atomic E-state index is 12.6. The van der Waals surface area contributed by atoms with Crippen LogP contribution in [0, 0.1) is 5.92 Å². The molecule has 0 aromatic rings. The molecule has 1 amide bonds. The van der Waals surface area contributed by atoms with Gasteiger partial charge in [0.05, 0.1) is 12.6 Å². The van der Waals surface area contributed by atoms with Gasteiger partial charge in [0.25, 0.3) is 0 Å². The summed E-state index contributed by atoms with van der Waals surface area (Å²) >= 11 is 0. The number of aliphatic hydroxyl groups excluding tert-OH is 1. The predicted molar refractivity (Wildman–Crippen MR) is 85.1 cm³/mol. The number of piperidine rings is 1. The summed E-state index contributed by atoms with van der Waals surface area (Å²) in [7, 11) is 2.01. The van der Waals surface area contributed by atoms with Gasteiger partial charge in [0.15, 0.2) is 0 Å². The number of hydrogen-bond acceptors (Lipinski definition) is 3. The zero-order valence-corrected chi connectivity index (χ0v) is 13.9. The molecule has 4 nitrogen and oxygen atoms in total. The number of carbonyl (C=O) groups excluding carboxylic acids is 1. The Morgan fingerprint density at radius 3 is 2.33 bits per heavy atom. The van der Waals surface area contributed by atoms with Crippen molar-refractivity contribution in [3.8, 4) is 0 Å². The maximum atomic E-state index is 12.6. The van der Waals surface area contributed by atoms with Crippen LogP contribution in [0.5, 0.6) is 0 Å². The molecule has 122 valence electrons. The number of aliphatic hydroxyl groups is 1. The van der Waals surface area contributed by atoms with Gasteiger partial charge >= 0.3 is 0 Å². The SMILES string of the molecule is CC1CCCC(C)N1C(=O)CN(C)CC1CCCCC1O. The normalized spacial score (nSPS) is 34.2. The Labute approximate surface area is 129 Å². The van der Waals surface area contributed by atoms with Crippen LogP contribution < -0.4 is 0 Å². The number of likely N-dealkylation sites (tertiary alicyclic amines) is 1. The van der Waals surface area contributed by atoms with Gasteiger partial charge < -0.3 is 10.0 Å². The molecule has 0 aromatic heterocycles. The van der Waals surface area contributed by atoms with Crippen molar-refractivity contribution in [1.29, 1.82) is 0 Å². The highest BCUT2D eigenvalue weighted by Crippen LogP contribution is 2.25. The molecule has 4 unspecified atom stereocenters. The van der Waals surface area contributed by atoms with Gasteiger partial charge in [0.2, 0.25) is 5.91 Å². The average molecular weight is 296 g/mol. The van der Waals surface area contributed by atoms with Crippen molar-refractivity contribution in [3.05, 3.63) is 0 Å². The van der Waals surface area contributed by atoms with Crippen molar-refractivity contribution in [2.75, 3.05) is 20.1 Å². The van der Waals surface area contributed by atoms with Crippen molar-refractivity contribution in [1.82, 2.24) is 9.80 Å². The highest BCUT2D eigenvalue weighted by Gasteiger charge is 2.30. The van der Waals surface area contributed by atoms with E-state index in [-0.39, 0.29) is 12.0 Å². The molecule has 2 aliphatic rings. The summed E-state index contributed by atoms with van der Waals surface area (Å²) in [6, 6.07) is 0.741. The van der Waals surface area contributed by atoms with E-state index in [1.165, 1.54) is 12.8 Å². The molecule has 21 heavy (non-hydrogen) atoms. The topological polar surface area (TPSA) is 43.8 Å². The molecule has 2 fully saturated rings. The Kier molecular flexibility index (Phi) is 6.06. The number of amides is 1. The minimum absolute atomic E-state index is 0.177. The van der Waals surface area contributed by atoms with Gasteiger partial charge in [-0.15, -0.1) is 0 Å². The first kappa shape index (κ1) is 16.8. The Hall–Kier alpha value is -0.610. The molecular formula is C17H32N2O2. The van der Waals surface area contributed by atoms with Crippen LogP contribution in [-0.2, 0) is 4.79 Å². The highest BCUT2D eigenvalue weighted by atomic mass is 16.3. The van der Waals surface area contributed by atoms with E-state index in [1.54, 1.807) is 0 Å². The zero-order valence-electron chi connectivity index (χ0n) is 13.9. The largest absolute Gasteiger partial charge is 0.393 e. The van der Waals surface area contributed by atoms with E-state index in [9.17, 15) is 9.90 Å². The first-order valence-electron chi connectivity index (χ1n) is 8.66. The lowest BCUT2D eigenvalue weighted by atomic mass is 9.86. The second kappa shape index (κ2) is 7.59. The summed E-state index contributed by atoms with van der Waals surface area (Å²) in [4.78, 5) is 16.8. The van der Waals surface area contributed by atoms with Gasteiger partial charge in [-0.05, 0) is 58.9 Å². The van der Waals surface area contributed by atoms with Crippen molar-refractivity contribution in [2.24, 2.45) is 5.92 Å². The number of carbonyl (C=O) groups is 1. The summed E-state index contributed by atoms with van der Waals surface area (Å²) in [5.74, 6) is 0.593. The predicted octanol–water partition coefficient (Wildman–Crippen LogP) is 2.26. The van der Waals surface area contributed by atoms with Gasteiger partial charge in [0, 0.05) is 18.6 Å². The Morgan fingerprint density at radius 2 is 1.71 bits per heavy atom. The van der Waals surface area contributed by atoms with E-state index in [2.05, 4.69) is 23.6 Å². The van der Waals surface area contributed by atoms with Crippen molar-refractivity contribution < 1.29 is 9.90 Å². The zero-order chi connectivity index (χ0) is 15.4. The van der Waals surface area contributed by atoms with Gasteiger partial charge in [-0.3, -0.25) is 9.69 Å². The van der Waals surface area contributed by atoms with Crippen LogP contribution in [0.4, 0.5) is 0 Å². The Morgan fingerprint density at radius 1 is 1.10 bits per heavy atom. The van der Waals surface area contributed by atoms with Gasteiger partial charge in [-0.2, -0.15) is 0 Å². The molecule has 4 heteroatoms. The smallest absolute Gasteiger partial charge is 0.237 e. The second-order valence-electron chi connectivity index (χ2n) is 7.24. The molecule has 1 saturated heterocycles. The quantitative estimate of drug-likeness (QED) is 0.865. The summed E-state index contributed by atoms with van der Waals surface area (Å²) in [5.41, 5.74) is 0. The fourth-order valence-electron chi connectivity index (χ4n) is 4.09. The fraction of sp³-hybridized carbons (Fsp3) is 0.941. The van der Waals surface area contributed by atoms with Crippen LogP contribution in [0.25, 0.3) is 0 Å². The molecule has 0 bridgehead atoms. The fourth-order valence-corrected chi connectivity index (χ4v) is 4.09.